The van der Waals surface area contributed by atoms with Crippen LogP contribution >= 0.6 is 28.3 Å². The summed E-state index contributed by atoms with van der Waals surface area (Å²) in [5.41, 5.74) is 2.82. The van der Waals surface area contributed by atoms with Gasteiger partial charge in [-0.05, 0) is 12.1 Å². The normalized spacial score (nSPS) is 13.8. The van der Waals surface area contributed by atoms with Crippen molar-refractivity contribution in [3.05, 3.63) is 27.7 Å². The van der Waals surface area contributed by atoms with Crippen molar-refractivity contribution in [2.24, 2.45) is 5.73 Å². The van der Waals surface area contributed by atoms with E-state index in [4.69, 9.17) is 10.8 Å². The van der Waals surface area contributed by atoms with Crippen LogP contribution in [0.5, 0.6) is 5.75 Å². The Kier molecular flexibility index (Phi) is 6.21. The zero-order chi connectivity index (χ0) is 15.0. The highest BCUT2D eigenvalue weighted by atomic mass is 79.9. The summed E-state index contributed by atoms with van der Waals surface area (Å²) < 4.78 is 64.0. The lowest BCUT2D eigenvalue weighted by Gasteiger charge is -2.24. The van der Waals surface area contributed by atoms with Crippen molar-refractivity contribution in [2.75, 3.05) is 6.61 Å². The third-order valence-electron chi connectivity index (χ3n) is 2.41. The third kappa shape index (κ3) is 3.94. The van der Waals surface area contributed by atoms with Gasteiger partial charge in [0.2, 0.25) is 0 Å². The zero-order valence-corrected chi connectivity index (χ0v) is 12.0. The second-order valence-corrected chi connectivity index (χ2v) is 4.70. The maximum Gasteiger partial charge on any atom is 0.420 e. The maximum absolute atomic E-state index is 13.2. The summed E-state index contributed by atoms with van der Waals surface area (Å²) in [5, 5.41) is 17.9. The Morgan fingerprint density at radius 2 is 1.70 bits per heavy atom. The highest BCUT2D eigenvalue weighted by Crippen LogP contribution is 2.43. The Balaban J connectivity index is 0.00000361. The summed E-state index contributed by atoms with van der Waals surface area (Å²) in [6.07, 6.45) is -4.92. The van der Waals surface area contributed by atoms with Gasteiger partial charge < -0.3 is 15.9 Å². The Labute approximate surface area is 125 Å². The summed E-state index contributed by atoms with van der Waals surface area (Å²) in [5.74, 6) is -5.24. The number of hydrogen-bond acceptors (Lipinski definition) is 3. The Hall–Kier alpha value is -0.640. The molecule has 0 aromatic heterocycles. The summed E-state index contributed by atoms with van der Waals surface area (Å²) >= 11 is 2.72. The van der Waals surface area contributed by atoms with Crippen molar-refractivity contribution in [3.63, 3.8) is 0 Å². The van der Waals surface area contributed by atoms with Crippen molar-refractivity contribution in [3.8, 4) is 5.75 Å². The molecule has 0 unspecified atom stereocenters. The largest absolute Gasteiger partial charge is 0.507 e. The molecule has 10 heteroatoms. The Bertz CT molecular complexity index is 483. The number of phenolic OH excluding ortho intramolecular Hbond substituents is 1. The number of benzene rings is 1. The molecular weight excluding hydrogens is 376 g/mol. The molecule has 116 valence electrons. The predicted octanol–water partition coefficient (Wildman–Crippen LogP) is 3.22. The highest BCUT2D eigenvalue weighted by Gasteiger charge is 2.42. The first-order valence-electron chi connectivity index (χ1n) is 4.84. The smallest absolute Gasteiger partial charge is 0.420 e. The minimum atomic E-state index is -4.92. The Morgan fingerprint density at radius 3 is 2.10 bits per heavy atom. The van der Waals surface area contributed by atoms with E-state index in [9.17, 15) is 27.1 Å². The van der Waals surface area contributed by atoms with Gasteiger partial charge in [0, 0.05) is 10.0 Å². The fourth-order valence-electron chi connectivity index (χ4n) is 1.40. The number of alkyl halides is 5. The molecule has 0 aliphatic heterocycles. The van der Waals surface area contributed by atoms with E-state index in [-0.39, 0.29) is 16.9 Å². The number of aliphatic hydroxyl groups is 1. The quantitative estimate of drug-likeness (QED) is 0.699. The van der Waals surface area contributed by atoms with Gasteiger partial charge in [-0.25, -0.2) is 8.78 Å². The van der Waals surface area contributed by atoms with E-state index in [1.165, 1.54) is 0 Å². The monoisotopic (exact) mass is 385 g/mol. The van der Waals surface area contributed by atoms with Crippen molar-refractivity contribution < 1.29 is 32.2 Å². The number of phenols is 1. The van der Waals surface area contributed by atoms with Gasteiger partial charge in [0.1, 0.15) is 18.4 Å². The highest BCUT2D eigenvalue weighted by molar-refractivity contribution is 9.10. The van der Waals surface area contributed by atoms with Crippen LogP contribution in [0.4, 0.5) is 22.0 Å². The number of aliphatic hydroxyl groups excluding tert-OH is 1. The van der Waals surface area contributed by atoms with Crippen LogP contribution in [0.15, 0.2) is 16.6 Å². The van der Waals surface area contributed by atoms with Gasteiger partial charge in [0.15, 0.2) is 0 Å². The molecule has 0 radical (unpaired) electrons. The van der Waals surface area contributed by atoms with E-state index in [0.29, 0.717) is 6.07 Å². The minimum absolute atomic E-state index is 0. The van der Waals surface area contributed by atoms with Crippen molar-refractivity contribution in [2.45, 2.75) is 18.1 Å². The molecule has 3 nitrogen and oxygen atoms in total. The fourth-order valence-corrected chi connectivity index (χ4v) is 1.87. The van der Waals surface area contributed by atoms with Crippen LogP contribution in [-0.4, -0.2) is 22.7 Å². The lowest BCUT2D eigenvalue weighted by Crippen LogP contribution is -2.36. The van der Waals surface area contributed by atoms with Crippen molar-refractivity contribution >= 4 is 28.3 Å². The van der Waals surface area contributed by atoms with Crippen LogP contribution in [0.1, 0.15) is 17.2 Å². The van der Waals surface area contributed by atoms with Crippen LogP contribution in [0, 0.1) is 0 Å². The third-order valence-corrected chi connectivity index (χ3v) is 2.87. The number of halogens is 7. The summed E-state index contributed by atoms with van der Waals surface area (Å²) in [6.45, 7) is -1.65. The number of rotatable bonds is 3. The molecule has 20 heavy (non-hydrogen) atoms. The molecule has 1 aromatic carbocycles. The van der Waals surface area contributed by atoms with Crippen LogP contribution < -0.4 is 5.73 Å². The van der Waals surface area contributed by atoms with Gasteiger partial charge >= 0.3 is 6.18 Å². The summed E-state index contributed by atoms with van der Waals surface area (Å²) in [6, 6.07) is -0.877. The van der Waals surface area contributed by atoms with Gasteiger partial charge in [-0.2, -0.15) is 13.2 Å². The molecule has 0 spiro atoms. The van der Waals surface area contributed by atoms with Crippen molar-refractivity contribution in [1.82, 2.24) is 0 Å². The Morgan fingerprint density at radius 1 is 1.20 bits per heavy atom. The van der Waals surface area contributed by atoms with Gasteiger partial charge in [0.25, 0.3) is 5.92 Å². The first-order valence-corrected chi connectivity index (χ1v) is 5.64. The van der Waals surface area contributed by atoms with E-state index in [1.54, 1.807) is 0 Å². The average molecular weight is 387 g/mol. The number of hydrogen-bond donors (Lipinski definition) is 3. The molecule has 4 N–H and O–H groups in total. The molecule has 0 aliphatic carbocycles. The van der Waals surface area contributed by atoms with Gasteiger partial charge in [-0.15, -0.1) is 12.4 Å². The molecule has 0 amide bonds. The number of aromatic hydroxyl groups is 1. The molecule has 0 bridgehead atoms. The van der Waals surface area contributed by atoms with E-state index in [1.807, 2.05) is 0 Å². The molecule has 1 aromatic rings. The van der Waals surface area contributed by atoms with E-state index < -0.39 is 41.6 Å². The van der Waals surface area contributed by atoms with Crippen LogP contribution in [0.2, 0.25) is 0 Å². The van der Waals surface area contributed by atoms with Gasteiger partial charge in [-0.3, -0.25) is 0 Å². The SMILES string of the molecule is Cl.N[C@@H](c1cc(Br)cc(C(F)(F)F)c1O)C(F)(F)CO. The molecule has 0 heterocycles. The molecule has 1 atom stereocenters. The van der Waals surface area contributed by atoms with Crippen LogP contribution in [0.3, 0.4) is 0 Å². The fraction of sp³-hybridized carbons (Fsp3) is 0.400. The topological polar surface area (TPSA) is 66.5 Å². The van der Waals surface area contributed by atoms with Crippen LogP contribution in [-0.2, 0) is 6.18 Å². The molecule has 0 saturated heterocycles. The maximum atomic E-state index is 13.2. The number of nitrogens with two attached hydrogens (primary N) is 1. The second kappa shape index (κ2) is 6.42. The summed E-state index contributed by atoms with van der Waals surface area (Å²) in [7, 11) is 0. The van der Waals surface area contributed by atoms with Crippen molar-refractivity contribution in [1.29, 1.82) is 0 Å². The zero-order valence-electron chi connectivity index (χ0n) is 9.59. The molecule has 0 saturated carbocycles. The van der Waals surface area contributed by atoms with E-state index in [0.717, 1.165) is 6.07 Å². The first-order chi connectivity index (χ1) is 8.50. The summed E-state index contributed by atoms with van der Waals surface area (Å²) in [4.78, 5) is 0. The average Bonchev–Trinajstić information content (AvgIpc) is 2.29. The standard InChI is InChI=1S/C10H9BrF5NO2.ClH/c11-4-1-5(8(17)9(12,13)3-18)7(19)6(2-4)10(14,15)16;/h1-2,8,18-19H,3,17H2;1H/t8-;/m0./s1. The van der Waals surface area contributed by atoms with Crippen LogP contribution in [0.25, 0.3) is 0 Å². The molecular formula is C10H10BrClF5NO2. The second-order valence-electron chi connectivity index (χ2n) is 3.79. The predicted molar refractivity (Wildman–Crippen MR) is 67.0 cm³/mol. The molecule has 1 rings (SSSR count). The molecule has 0 aliphatic rings. The lowest BCUT2D eigenvalue weighted by molar-refractivity contribution is -0.139. The van der Waals surface area contributed by atoms with Gasteiger partial charge in [0.05, 0.1) is 5.56 Å². The minimum Gasteiger partial charge on any atom is -0.507 e. The van der Waals surface area contributed by atoms with Gasteiger partial charge in [-0.1, -0.05) is 15.9 Å². The van der Waals surface area contributed by atoms with E-state index in [2.05, 4.69) is 15.9 Å². The lowest BCUT2D eigenvalue weighted by atomic mass is 9.98. The van der Waals surface area contributed by atoms with E-state index >= 15 is 0 Å². The first kappa shape index (κ1) is 19.4. The molecule has 0 fully saturated rings.